The van der Waals surface area contributed by atoms with Crippen molar-refractivity contribution in [1.82, 2.24) is 0 Å². The number of phenols is 1. The van der Waals surface area contributed by atoms with Crippen molar-refractivity contribution in [1.29, 1.82) is 5.26 Å². The van der Waals surface area contributed by atoms with Crippen LogP contribution in [0.15, 0.2) is 28.9 Å². The number of benzene rings is 1. The number of nitro benzene ring substituents is 1. The molecule has 0 saturated heterocycles. The first kappa shape index (κ1) is 20.1. The number of allylic oxidation sites excluding steroid dienone is 2. The van der Waals surface area contributed by atoms with Crippen molar-refractivity contribution in [3.63, 3.8) is 0 Å². The normalized spacial score (nSPS) is 16.6. The number of esters is 1. The largest absolute Gasteiger partial charge is 0.502 e. The predicted octanol–water partition coefficient (Wildman–Crippen LogP) is 2.91. The highest BCUT2D eigenvalue weighted by atomic mass is 35.5. The molecule has 3 N–H and O–H groups in total. The van der Waals surface area contributed by atoms with Gasteiger partial charge in [-0.3, -0.25) is 10.1 Å². The molecule has 1 atom stereocenters. The third-order valence-electron chi connectivity index (χ3n) is 4.09. The molecule has 9 nitrogen and oxygen atoms in total. The molecule has 0 amide bonds. The molecule has 0 radical (unpaired) electrons. The summed E-state index contributed by atoms with van der Waals surface area (Å²) in [7, 11) is 0. The van der Waals surface area contributed by atoms with Crippen LogP contribution in [0, 0.1) is 28.4 Å². The summed E-state index contributed by atoms with van der Waals surface area (Å²) >= 11 is 6.10. The van der Waals surface area contributed by atoms with Crippen LogP contribution in [-0.4, -0.2) is 22.6 Å². The summed E-state index contributed by atoms with van der Waals surface area (Å²) in [4.78, 5) is 23.1. The van der Waals surface area contributed by atoms with Crippen molar-refractivity contribution >= 4 is 23.3 Å². The van der Waals surface area contributed by atoms with E-state index in [0.717, 1.165) is 0 Å². The van der Waals surface area contributed by atoms with E-state index in [-0.39, 0.29) is 45.5 Å². The van der Waals surface area contributed by atoms with E-state index in [1.165, 1.54) is 19.9 Å². The van der Waals surface area contributed by atoms with Crippen molar-refractivity contribution in [3.05, 3.63) is 55.1 Å². The Hall–Kier alpha value is -3.25. The molecule has 0 aromatic heterocycles. The summed E-state index contributed by atoms with van der Waals surface area (Å²) in [6, 6.07) is 3.08. The molecule has 1 aliphatic rings. The van der Waals surface area contributed by atoms with Crippen LogP contribution in [0.5, 0.6) is 5.75 Å². The highest BCUT2D eigenvalue weighted by Crippen LogP contribution is 2.47. The van der Waals surface area contributed by atoms with E-state index in [4.69, 9.17) is 26.8 Å². The molecule has 0 aliphatic carbocycles. The lowest BCUT2D eigenvalue weighted by Crippen LogP contribution is -2.25. The van der Waals surface area contributed by atoms with Gasteiger partial charge < -0.3 is 20.3 Å². The molecule has 10 heteroatoms. The van der Waals surface area contributed by atoms with Gasteiger partial charge in [0.2, 0.25) is 5.88 Å². The van der Waals surface area contributed by atoms with E-state index in [2.05, 4.69) is 0 Å². The second kappa shape index (κ2) is 7.55. The maximum absolute atomic E-state index is 12.5. The van der Waals surface area contributed by atoms with Gasteiger partial charge in [0.1, 0.15) is 17.4 Å². The van der Waals surface area contributed by atoms with Gasteiger partial charge in [-0.1, -0.05) is 11.6 Å². The average Bonchev–Trinajstić information content (AvgIpc) is 2.57. The molecule has 1 aromatic rings. The average molecular weight is 394 g/mol. The Morgan fingerprint density at radius 1 is 1.56 bits per heavy atom. The molecule has 2 rings (SSSR count). The Balaban J connectivity index is 2.86. The molecule has 0 saturated carbocycles. The molecular formula is C17H16ClN3O6. The van der Waals surface area contributed by atoms with Crippen molar-refractivity contribution < 1.29 is 24.3 Å². The second-order valence-corrected chi connectivity index (χ2v) is 6.05. The summed E-state index contributed by atoms with van der Waals surface area (Å²) < 4.78 is 10.3. The number of ether oxygens (including phenoxy) is 2. The molecule has 0 fully saturated rings. The highest BCUT2D eigenvalue weighted by molar-refractivity contribution is 6.31. The molecule has 1 aliphatic heterocycles. The monoisotopic (exact) mass is 393 g/mol. The van der Waals surface area contributed by atoms with Crippen LogP contribution in [0.2, 0.25) is 5.02 Å². The van der Waals surface area contributed by atoms with Gasteiger partial charge in [0.15, 0.2) is 5.75 Å². The SMILES string of the molecule is CCOC(=O)C1=C(C)OC(N)=C(C#N)C1c1cc(Cl)c(C)c([N+](=O)[O-])c1O. The number of halogens is 1. The van der Waals surface area contributed by atoms with Crippen molar-refractivity contribution in [2.24, 2.45) is 5.73 Å². The van der Waals surface area contributed by atoms with Crippen molar-refractivity contribution in [2.45, 2.75) is 26.7 Å². The van der Waals surface area contributed by atoms with Crippen LogP contribution in [-0.2, 0) is 14.3 Å². The number of nitriles is 1. The molecule has 142 valence electrons. The quantitative estimate of drug-likeness (QED) is 0.450. The Bertz CT molecular complexity index is 945. The number of nitrogens with two attached hydrogens (primary N) is 1. The van der Waals surface area contributed by atoms with Gasteiger partial charge >= 0.3 is 11.7 Å². The first-order valence-corrected chi connectivity index (χ1v) is 8.15. The second-order valence-electron chi connectivity index (χ2n) is 5.64. The van der Waals surface area contributed by atoms with E-state index >= 15 is 0 Å². The topological polar surface area (TPSA) is 149 Å². The Labute approximate surface area is 159 Å². The minimum atomic E-state index is -1.24. The molecule has 1 heterocycles. The van der Waals surface area contributed by atoms with Crippen LogP contribution < -0.4 is 5.73 Å². The van der Waals surface area contributed by atoms with Gasteiger partial charge in [-0.05, 0) is 26.8 Å². The third kappa shape index (κ3) is 3.39. The zero-order chi connectivity index (χ0) is 20.5. The fourth-order valence-electron chi connectivity index (χ4n) is 2.85. The van der Waals surface area contributed by atoms with Crippen LogP contribution >= 0.6 is 11.6 Å². The maximum Gasteiger partial charge on any atom is 0.338 e. The van der Waals surface area contributed by atoms with Crippen LogP contribution in [0.1, 0.15) is 30.9 Å². The van der Waals surface area contributed by atoms with E-state index in [0.29, 0.717) is 0 Å². The van der Waals surface area contributed by atoms with Crippen molar-refractivity contribution in [2.75, 3.05) is 6.61 Å². The standard InChI is InChI=1S/C17H16ClN3O6/c1-4-26-17(23)12-8(3)27-16(20)10(6-19)13(12)9-5-11(18)7(2)14(15(9)22)21(24)25/h5,13,22H,4,20H2,1-3H3. The Morgan fingerprint density at radius 3 is 2.70 bits per heavy atom. The number of phenolic OH excluding ortho intramolecular Hbond substituents is 1. The number of hydrogen-bond donors (Lipinski definition) is 2. The number of hydrogen-bond acceptors (Lipinski definition) is 8. The van der Waals surface area contributed by atoms with Crippen LogP contribution in [0.4, 0.5) is 5.69 Å². The number of nitro groups is 1. The summed E-state index contributed by atoms with van der Waals surface area (Å²) in [5, 5.41) is 31.4. The first-order chi connectivity index (χ1) is 12.6. The summed E-state index contributed by atoms with van der Waals surface area (Å²) in [5.41, 5.74) is 4.75. The maximum atomic E-state index is 12.5. The first-order valence-electron chi connectivity index (χ1n) is 7.77. The molecule has 1 unspecified atom stereocenters. The lowest BCUT2D eigenvalue weighted by molar-refractivity contribution is -0.386. The number of rotatable bonds is 4. The van der Waals surface area contributed by atoms with Gasteiger partial charge in [-0.2, -0.15) is 5.26 Å². The summed E-state index contributed by atoms with van der Waals surface area (Å²) in [6.45, 7) is 4.44. The lowest BCUT2D eigenvalue weighted by atomic mass is 9.82. The molecule has 1 aromatic carbocycles. The van der Waals surface area contributed by atoms with E-state index in [1.54, 1.807) is 6.92 Å². The number of aromatic hydroxyl groups is 1. The minimum Gasteiger partial charge on any atom is -0.502 e. The molecule has 27 heavy (non-hydrogen) atoms. The number of nitrogens with zero attached hydrogens (tertiary/aromatic N) is 2. The Morgan fingerprint density at radius 2 is 2.19 bits per heavy atom. The zero-order valence-corrected chi connectivity index (χ0v) is 15.5. The van der Waals surface area contributed by atoms with Gasteiger partial charge in [0, 0.05) is 11.1 Å². The Kier molecular flexibility index (Phi) is 5.61. The summed E-state index contributed by atoms with van der Waals surface area (Å²) in [5.74, 6) is -3.00. The zero-order valence-electron chi connectivity index (χ0n) is 14.7. The minimum absolute atomic E-state index is 0.0160. The van der Waals surface area contributed by atoms with E-state index in [1.807, 2.05) is 6.07 Å². The van der Waals surface area contributed by atoms with Crippen molar-refractivity contribution in [3.8, 4) is 11.8 Å². The summed E-state index contributed by atoms with van der Waals surface area (Å²) in [6.07, 6.45) is 0. The van der Waals surface area contributed by atoms with Crippen LogP contribution in [0.25, 0.3) is 0 Å². The third-order valence-corrected chi connectivity index (χ3v) is 4.48. The van der Waals surface area contributed by atoms with Gasteiger partial charge in [-0.15, -0.1) is 0 Å². The molecule has 0 bridgehead atoms. The van der Waals surface area contributed by atoms with E-state index in [9.17, 15) is 25.3 Å². The fraction of sp³-hybridized carbons (Fsp3) is 0.294. The number of carbonyl (C=O) groups is 1. The lowest BCUT2D eigenvalue weighted by Gasteiger charge is -2.27. The van der Waals surface area contributed by atoms with Crippen LogP contribution in [0.3, 0.4) is 0 Å². The predicted molar refractivity (Wildman–Crippen MR) is 94.5 cm³/mol. The number of carbonyl (C=O) groups excluding carboxylic acids is 1. The molecule has 0 spiro atoms. The van der Waals surface area contributed by atoms with Gasteiger partial charge in [0.05, 0.1) is 28.0 Å². The highest BCUT2D eigenvalue weighted by Gasteiger charge is 2.40. The fourth-order valence-corrected chi connectivity index (χ4v) is 3.06. The van der Waals surface area contributed by atoms with Gasteiger partial charge in [-0.25, -0.2) is 4.79 Å². The van der Waals surface area contributed by atoms with Gasteiger partial charge in [0.25, 0.3) is 0 Å². The molecular weight excluding hydrogens is 378 g/mol. The smallest absolute Gasteiger partial charge is 0.338 e. The van der Waals surface area contributed by atoms with E-state index < -0.39 is 28.2 Å².